The van der Waals surface area contributed by atoms with Gasteiger partial charge in [-0.3, -0.25) is 4.79 Å². The fourth-order valence-corrected chi connectivity index (χ4v) is 8.10. The van der Waals surface area contributed by atoms with E-state index in [9.17, 15) is 26.8 Å². The largest absolute Gasteiger partial charge is 0.496 e. The molecule has 0 spiro atoms. The Bertz CT molecular complexity index is 1990. The van der Waals surface area contributed by atoms with E-state index in [4.69, 9.17) is 26.2 Å². The molecule has 2 N–H and O–H groups in total. The first kappa shape index (κ1) is 36.5. The number of amides is 2. The molecule has 262 valence electrons. The third-order valence-corrected chi connectivity index (χ3v) is 11.2. The molecule has 3 aromatic carbocycles. The van der Waals surface area contributed by atoms with Crippen molar-refractivity contribution >= 4 is 55.0 Å². The summed E-state index contributed by atoms with van der Waals surface area (Å²) in [5, 5.41) is 4.98. The van der Waals surface area contributed by atoms with Crippen molar-refractivity contribution in [2.75, 3.05) is 14.2 Å². The molecule has 1 heterocycles. The number of halogens is 3. The van der Waals surface area contributed by atoms with Crippen LogP contribution in [-0.2, 0) is 21.3 Å². The van der Waals surface area contributed by atoms with Crippen LogP contribution < -0.4 is 9.88 Å². The van der Waals surface area contributed by atoms with Crippen LogP contribution in [0.5, 0.6) is 5.75 Å². The van der Waals surface area contributed by atoms with Crippen LogP contribution in [0.25, 0.3) is 21.2 Å². The van der Waals surface area contributed by atoms with Crippen molar-refractivity contribution in [2.24, 2.45) is 5.14 Å². The lowest BCUT2D eigenvalue weighted by Gasteiger charge is -2.40. The van der Waals surface area contributed by atoms with Crippen LogP contribution in [0, 0.1) is 11.6 Å². The number of nitrogens with zero attached hydrogens (tertiary/aromatic N) is 2. The van der Waals surface area contributed by atoms with E-state index in [2.05, 4.69) is 0 Å². The van der Waals surface area contributed by atoms with Gasteiger partial charge in [-0.25, -0.2) is 27.1 Å². The maximum atomic E-state index is 14.8. The second-order valence-electron chi connectivity index (χ2n) is 13.1. The minimum atomic E-state index is -3.88. The van der Waals surface area contributed by atoms with Crippen molar-refractivity contribution in [3.05, 3.63) is 81.7 Å². The summed E-state index contributed by atoms with van der Waals surface area (Å²) in [5.41, 5.74) is 1.44. The van der Waals surface area contributed by atoms with Crippen molar-refractivity contribution < 1.29 is 36.3 Å². The third-order valence-electron chi connectivity index (χ3n) is 8.61. The SMILES string of the molecule is COc1ccc(-c2ccc(S(N)(=O)=O)cc2)cc1CN(C(=O)c1sc2c(F)ccc(F)c2c1Cl)[C@H]1CC[C@H](N(C)C(=O)OC(C)(C)C)CC1. The molecule has 5 rings (SSSR count). The molecule has 0 saturated heterocycles. The molecule has 0 unspecified atom stereocenters. The van der Waals surface area contributed by atoms with E-state index in [1.165, 1.54) is 19.2 Å². The lowest BCUT2D eigenvalue weighted by Crippen LogP contribution is -2.47. The van der Waals surface area contributed by atoms with Gasteiger partial charge in [-0.2, -0.15) is 0 Å². The highest BCUT2D eigenvalue weighted by molar-refractivity contribution is 7.89. The monoisotopic (exact) mass is 733 g/mol. The van der Waals surface area contributed by atoms with Gasteiger partial charge in [0, 0.05) is 31.2 Å². The molecule has 1 aromatic heterocycles. The molecular formula is C35H38ClF2N3O6S2. The van der Waals surface area contributed by atoms with Crippen molar-refractivity contribution in [1.29, 1.82) is 0 Å². The molecular weight excluding hydrogens is 696 g/mol. The molecule has 1 aliphatic carbocycles. The Morgan fingerprint density at radius 1 is 0.959 bits per heavy atom. The van der Waals surface area contributed by atoms with Crippen molar-refractivity contribution in [3.63, 3.8) is 0 Å². The number of hydrogen-bond acceptors (Lipinski definition) is 7. The Balaban J connectivity index is 1.50. The van der Waals surface area contributed by atoms with E-state index in [1.807, 2.05) is 12.1 Å². The number of sulfonamides is 1. The predicted molar refractivity (Wildman–Crippen MR) is 186 cm³/mol. The van der Waals surface area contributed by atoms with Gasteiger partial charge in [0.2, 0.25) is 10.0 Å². The van der Waals surface area contributed by atoms with E-state index < -0.39 is 39.3 Å². The first-order valence-electron chi connectivity index (χ1n) is 15.6. The van der Waals surface area contributed by atoms with Crippen LogP contribution in [-0.4, -0.2) is 62.1 Å². The van der Waals surface area contributed by atoms with Crippen LogP contribution in [0.2, 0.25) is 5.02 Å². The van der Waals surface area contributed by atoms with E-state index in [1.54, 1.807) is 55.8 Å². The number of nitrogens with two attached hydrogens (primary N) is 1. The predicted octanol–water partition coefficient (Wildman–Crippen LogP) is 7.98. The van der Waals surface area contributed by atoms with E-state index >= 15 is 0 Å². The molecule has 4 aromatic rings. The van der Waals surface area contributed by atoms with Gasteiger partial charge in [0.15, 0.2) is 0 Å². The molecule has 2 amide bonds. The lowest BCUT2D eigenvalue weighted by molar-refractivity contribution is 0.0144. The summed E-state index contributed by atoms with van der Waals surface area (Å²) >= 11 is 7.40. The molecule has 0 aliphatic heterocycles. The quantitative estimate of drug-likeness (QED) is 0.196. The Morgan fingerprint density at radius 3 is 2.12 bits per heavy atom. The first-order valence-corrected chi connectivity index (χ1v) is 18.4. The number of rotatable bonds is 8. The summed E-state index contributed by atoms with van der Waals surface area (Å²) in [6, 6.07) is 13.1. The number of carbonyl (C=O) groups excluding carboxylic acids is 2. The number of hydrogen-bond donors (Lipinski definition) is 1. The van der Waals surface area contributed by atoms with E-state index in [0.29, 0.717) is 42.6 Å². The molecule has 9 nitrogen and oxygen atoms in total. The highest BCUT2D eigenvalue weighted by Crippen LogP contribution is 2.41. The van der Waals surface area contributed by atoms with Gasteiger partial charge in [-0.1, -0.05) is 29.8 Å². The zero-order chi connectivity index (χ0) is 35.8. The second-order valence-corrected chi connectivity index (χ2v) is 16.0. The van der Waals surface area contributed by atoms with Crippen LogP contribution >= 0.6 is 22.9 Å². The Kier molecular flexibility index (Phi) is 10.6. The summed E-state index contributed by atoms with van der Waals surface area (Å²) in [4.78, 5) is 30.5. The van der Waals surface area contributed by atoms with Gasteiger partial charge in [0.25, 0.3) is 5.91 Å². The normalized spacial score (nSPS) is 16.8. The van der Waals surface area contributed by atoms with Crippen LogP contribution in [0.4, 0.5) is 13.6 Å². The number of methoxy groups -OCH3 is 1. The fourth-order valence-electron chi connectivity index (χ4n) is 6.08. The lowest BCUT2D eigenvalue weighted by atomic mass is 9.89. The molecule has 0 radical (unpaired) electrons. The number of primary sulfonamides is 1. The zero-order valence-electron chi connectivity index (χ0n) is 27.8. The summed E-state index contributed by atoms with van der Waals surface area (Å²) < 4.78 is 64.3. The first-order chi connectivity index (χ1) is 23.0. The summed E-state index contributed by atoms with van der Waals surface area (Å²) in [7, 11) is -0.662. The van der Waals surface area contributed by atoms with Gasteiger partial charge < -0.3 is 19.3 Å². The molecule has 49 heavy (non-hydrogen) atoms. The fraction of sp³-hybridized carbons (Fsp3) is 0.371. The number of fused-ring (bicyclic) bond motifs is 1. The molecule has 1 aliphatic rings. The Hall–Kier alpha value is -3.78. The van der Waals surface area contributed by atoms with Crippen LogP contribution in [0.15, 0.2) is 59.5 Å². The van der Waals surface area contributed by atoms with Gasteiger partial charge >= 0.3 is 6.09 Å². The van der Waals surface area contributed by atoms with Crippen molar-refractivity contribution in [2.45, 2.75) is 75.6 Å². The van der Waals surface area contributed by atoms with Gasteiger partial charge in [-0.15, -0.1) is 11.3 Å². The highest BCUT2D eigenvalue weighted by atomic mass is 35.5. The third kappa shape index (κ3) is 8.01. The number of thiophene rings is 1. The number of carbonyl (C=O) groups is 2. The molecule has 0 atom stereocenters. The number of ether oxygens (including phenoxy) is 2. The standard InChI is InChI=1S/C35H38ClF2N3O6S2/c1-35(2,3)47-34(43)40(4)23-9-11-24(12-10-23)41(33(42)32-30(36)29-26(37)15-16-27(38)31(29)48-32)19-22-18-21(8-17-28(22)46-5)20-6-13-25(14-7-20)49(39,44)45/h6-8,13-18,23-24H,9-12,19H2,1-5H3,(H2,39,44,45)/t23-,24-. The van der Waals surface area contributed by atoms with E-state index in [-0.39, 0.29) is 43.5 Å². The Labute approximate surface area is 293 Å². The maximum absolute atomic E-state index is 14.8. The Morgan fingerprint density at radius 2 is 1.55 bits per heavy atom. The van der Waals surface area contributed by atoms with Gasteiger partial charge in [-0.05, 0) is 94.0 Å². The van der Waals surface area contributed by atoms with Gasteiger partial charge in [0.1, 0.15) is 27.9 Å². The molecule has 0 bridgehead atoms. The average Bonchev–Trinajstić information content (AvgIpc) is 3.41. The zero-order valence-corrected chi connectivity index (χ0v) is 30.1. The van der Waals surface area contributed by atoms with Crippen molar-refractivity contribution in [3.8, 4) is 16.9 Å². The van der Waals surface area contributed by atoms with Crippen molar-refractivity contribution in [1.82, 2.24) is 9.80 Å². The topological polar surface area (TPSA) is 119 Å². The minimum Gasteiger partial charge on any atom is -0.496 e. The average molecular weight is 734 g/mol. The molecule has 1 saturated carbocycles. The van der Waals surface area contributed by atoms with Crippen LogP contribution in [0.1, 0.15) is 61.7 Å². The smallest absolute Gasteiger partial charge is 0.410 e. The molecule has 1 fully saturated rings. The van der Waals surface area contributed by atoms with Crippen LogP contribution in [0.3, 0.4) is 0 Å². The summed E-state index contributed by atoms with van der Waals surface area (Å²) in [5.74, 6) is -1.39. The second kappa shape index (κ2) is 14.2. The number of benzene rings is 3. The summed E-state index contributed by atoms with van der Waals surface area (Å²) in [6.07, 6.45) is 1.81. The summed E-state index contributed by atoms with van der Waals surface area (Å²) in [6.45, 7) is 5.48. The van der Waals surface area contributed by atoms with Gasteiger partial charge in [0.05, 0.1) is 27.1 Å². The maximum Gasteiger partial charge on any atom is 0.410 e. The highest BCUT2D eigenvalue weighted by Gasteiger charge is 2.35. The minimum absolute atomic E-state index is 0.0161. The van der Waals surface area contributed by atoms with E-state index in [0.717, 1.165) is 29.0 Å². The molecule has 14 heteroatoms.